The van der Waals surface area contributed by atoms with Crippen LogP contribution in [-0.2, 0) is 11.4 Å². The van der Waals surface area contributed by atoms with E-state index in [2.05, 4.69) is 27.7 Å². The number of rotatable bonds is 4. The fraction of sp³-hybridized carbons (Fsp3) is 1.00. The summed E-state index contributed by atoms with van der Waals surface area (Å²) in [5, 5.41) is 0. The van der Waals surface area contributed by atoms with Crippen molar-refractivity contribution in [3.8, 4) is 0 Å². The molecule has 82 valence electrons. The first-order chi connectivity index (χ1) is 5.97. The average molecular weight is 210 g/mol. The summed E-state index contributed by atoms with van der Waals surface area (Å²) >= 11 is -3.11. The predicted molar refractivity (Wildman–Crippen MR) is 52.1 cm³/mol. The fourth-order valence-electron chi connectivity index (χ4n) is 1.34. The minimum atomic E-state index is -3.11. The molecule has 13 heavy (non-hydrogen) atoms. The van der Waals surface area contributed by atoms with Crippen molar-refractivity contribution >= 4 is 11.4 Å². The summed E-state index contributed by atoms with van der Waals surface area (Å²) in [6.45, 7) is 14.2. The Balaban J connectivity index is 0. The summed E-state index contributed by atoms with van der Waals surface area (Å²) < 4.78 is 26.6. The molecule has 0 fully saturated rings. The van der Waals surface area contributed by atoms with Gasteiger partial charge in [0.2, 0.25) is 0 Å². The largest absolute Gasteiger partial charge is 0.784 e. The molecule has 4 nitrogen and oxygen atoms in total. The van der Waals surface area contributed by atoms with E-state index in [-0.39, 0.29) is 0 Å². The van der Waals surface area contributed by atoms with Crippen LogP contribution in [0.4, 0.5) is 0 Å². The van der Waals surface area contributed by atoms with E-state index in [1.54, 1.807) is 0 Å². The van der Waals surface area contributed by atoms with E-state index in [1.165, 1.54) is 30.7 Å². The molecule has 0 spiro atoms. The van der Waals surface area contributed by atoms with Gasteiger partial charge in [-0.1, -0.05) is 0 Å². The molecular weight excluding hydrogens is 190 g/mol. The zero-order valence-corrected chi connectivity index (χ0v) is 9.73. The van der Waals surface area contributed by atoms with Crippen molar-refractivity contribution in [1.29, 1.82) is 0 Å². The van der Waals surface area contributed by atoms with E-state index in [0.29, 0.717) is 0 Å². The second kappa shape index (κ2) is 8.62. The smallest absolute Gasteiger partial charge is 0.0757 e. The van der Waals surface area contributed by atoms with Gasteiger partial charge in [0.05, 0.1) is 26.2 Å². The molecule has 0 aromatic carbocycles. The summed E-state index contributed by atoms with van der Waals surface area (Å²) in [7, 11) is 0. The highest BCUT2D eigenvalue weighted by Gasteiger charge is 2.16. The highest BCUT2D eigenvalue weighted by molar-refractivity contribution is 7.72. The molecule has 0 aromatic heterocycles. The Labute approximate surface area is 83.7 Å². The number of hydrogen-bond donors (Lipinski definition) is 0. The second-order valence-electron chi connectivity index (χ2n) is 2.81. The van der Waals surface area contributed by atoms with Crippen molar-refractivity contribution in [2.45, 2.75) is 27.7 Å². The maximum atomic E-state index is 8.44. The molecule has 0 heterocycles. The van der Waals surface area contributed by atoms with E-state index < -0.39 is 11.4 Å². The van der Waals surface area contributed by atoms with E-state index in [9.17, 15) is 0 Å². The Hall–Kier alpha value is 0.0300. The Kier molecular flexibility index (Phi) is 10.3. The average Bonchev–Trinajstić information content (AvgIpc) is 2.09. The van der Waals surface area contributed by atoms with E-state index in [4.69, 9.17) is 13.3 Å². The molecule has 0 aliphatic carbocycles. The Bertz CT molecular complexity index is 116. The third-order valence-electron chi connectivity index (χ3n) is 2.68. The van der Waals surface area contributed by atoms with Gasteiger partial charge in [-0.05, 0) is 27.7 Å². The molecule has 0 atom stereocenters. The van der Waals surface area contributed by atoms with Crippen LogP contribution in [0.3, 0.4) is 0 Å². The van der Waals surface area contributed by atoms with Crippen LogP contribution in [0.15, 0.2) is 0 Å². The molecule has 0 N–H and O–H groups in total. The van der Waals surface area contributed by atoms with Crippen LogP contribution in [0.25, 0.3) is 0 Å². The van der Waals surface area contributed by atoms with Crippen molar-refractivity contribution in [1.82, 2.24) is 0 Å². The van der Waals surface area contributed by atoms with Crippen LogP contribution in [0, 0.1) is 0 Å². The quantitative estimate of drug-likeness (QED) is 0.511. The molecule has 0 bridgehead atoms. The highest BCUT2D eigenvalue weighted by atomic mass is 32.2. The van der Waals surface area contributed by atoms with Crippen LogP contribution in [0.5, 0.6) is 0 Å². The summed E-state index contributed by atoms with van der Waals surface area (Å²) in [6, 6.07) is 0. The molecule has 0 saturated heterocycles. The molecule has 0 aromatic rings. The summed E-state index contributed by atoms with van der Waals surface area (Å²) in [5.41, 5.74) is 0. The summed E-state index contributed by atoms with van der Waals surface area (Å²) in [4.78, 5) is 0. The van der Waals surface area contributed by atoms with E-state index in [1.807, 2.05) is 0 Å². The molecular formula is C8H20NO3S-. The molecule has 0 unspecified atom stereocenters. The van der Waals surface area contributed by atoms with Gasteiger partial charge in [-0.2, -0.15) is 0 Å². The van der Waals surface area contributed by atoms with Crippen molar-refractivity contribution in [2.75, 3.05) is 26.2 Å². The molecule has 0 saturated carbocycles. The van der Waals surface area contributed by atoms with Crippen LogP contribution in [0.2, 0.25) is 0 Å². The lowest BCUT2D eigenvalue weighted by atomic mass is 10.3. The maximum absolute atomic E-state index is 8.44. The Morgan fingerprint density at radius 2 is 1.08 bits per heavy atom. The first kappa shape index (κ1) is 15.5. The molecule has 0 rings (SSSR count). The number of quaternary nitrogens is 1. The van der Waals surface area contributed by atoms with Gasteiger partial charge >= 0.3 is 0 Å². The zero-order chi connectivity index (χ0) is 10.9. The SMILES string of the molecule is CC[N+](CC)(CC)CC.O=S([O-])[O-]. The van der Waals surface area contributed by atoms with Crippen molar-refractivity contribution in [3.63, 3.8) is 0 Å². The van der Waals surface area contributed by atoms with Crippen LogP contribution in [-0.4, -0.2) is 44.0 Å². The fourth-order valence-corrected chi connectivity index (χ4v) is 1.34. The minimum Gasteiger partial charge on any atom is -0.784 e. The van der Waals surface area contributed by atoms with Crippen molar-refractivity contribution in [2.24, 2.45) is 0 Å². The standard InChI is InChI=1S/C8H20N.H2O3S/c1-5-9(6-2,7-3)8-4;1-4(2)3/h5-8H2,1-4H3;(H2,1,2,3)/q+1;/p-2. The molecule has 0 aliphatic heterocycles. The Morgan fingerprint density at radius 1 is 0.923 bits per heavy atom. The summed E-state index contributed by atoms with van der Waals surface area (Å²) in [6.07, 6.45) is 0. The molecule has 5 heteroatoms. The van der Waals surface area contributed by atoms with Gasteiger partial charge in [0, 0.05) is 0 Å². The van der Waals surface area contributed by atoms with E-state index in [0.717, 1.165) is 0 Å². The molecule has 0 aliphatic rings. The van der Waals surface area contributed by atoms with Crippen molar-refractivity contribution < 1.29 is 17.8 Å². The van der Waals surface area contributed by atoms with Gasteiger partial charge in [-0.15, -0.1) is 11.4 Å². The van der Waals surface area contributed by atoms with Gasteiger partial charge in [-0.3, -0.25) is 4.21 Å². The number of hydrogen-bond acceptors (Lipinski definition) is 3. The normalized spacial score (nSPS) is 11.0. The Morgan fingerprint density at radius 3 is 1.08 bits per heavy atom. The van der Waals surface area contributed by atoms with E-state index >= 15 is 0 Å². The van der Waals surface area contributed by atoms with Gasteiger partial charge < -0.3 is 13.6 Å². The third-order valence-corrected chi connectivity index (χ3v) is 2.68. The monoisotopic (exact) mass is 210 g/mol. The lowest BCUT2D eigenvalue weighted by Crippen LogP contribution is -2.47. The van der Waals surface area contributed by atoms with Gasteiger partial charge in [0.1, 0.15) is 0 Å². The first-order valence-corrected chi connectivity index (χ1v) is 5.59. The minimum absolute atomic E-state index is 1.28. The number of nitrogens with zero attached hydrogens (tertiary/aromatic N) is 1. The predicted octanol–water partition coefficient (Wildman–Crippen LogP) is 0.879. The first-order valence-electron chi connectivity index (χ1n) is 4.59. The second-order valence-corrected chi connectivity index (χ2v) is 3.22. The van der Waals surface area contributed by atoms with Crippen molar-refractivity contribution in [3.05, 3.63) is 0 Å². The summed E-state index contributed by atoms with van der Waals surface area (Å²) in [5.74, 6) is 0. The third kappa shape index (κ3) is 8.36. The van der Waals surface area contributed by atoms with Crippen LogP contribution < -0.4 is 0 Å². The van der Waals surface area contributed by atoms with Gasteiger partial charge in [0.25, 0.3) is 0 Å². The van der Waals surface area contributed by atoms with Crippen LogP contribution >= 0.6 is 0 Å². The topological polar surface area (TPSA) is 63.2 Å². The molecule has 0 radical (unpaired) electrons. The highest BCUT2D eigenvalue weighted by Crippen LogP contribution is 2.03. The molecule has 0 amide bonds. The maximum Gasteiger partial charge on any atom is 0.0757 e. The lowest BCUT2D eigenvalue weighted by molar-refractivity contribution is -0.921. The van der Waals surface area contributed by atoms with Gasteiger partial charge in [-0.25, -0.2) is 0 Å². The van der Waals surface area contributed by atoms with Crippen LogP contribution in [0.1, 0.15) is 27.7 Å². The zero-order valence-electron chi connectivity index (χ0n) is 8.91. The lowest BCUT2D eigenvalue weighted by Gasteiger charge is -2.34. The van der Waals surface area contributed by atoms with Gasteiger partial charge in [0.15, 0.2) is 0 Å².